The molecule has 1 saturated heterocycles. The van der Waals surface area contributed by atoms with E-state index in [1.807, 2.05) is 6.92 Å². The van der Waals surface area contributed by atoms with Crippen LogP contribution >= 0.6 is 11.6 Å². The van der Waals surface area contributed by atoms with Crippen molar-refractivity contribution in [2.45, 2.75) is 32.2 Å². The van der Waals surface area contributed by atoms with Crippen LogP contribution in [0.4, 0.5) is 5.82 Å². The summed E-state index contributed by atoms with van der Waals surface area (Å²) in [6.07, 6.45) is 3.95. The lowest BCUT2D eigenvalue weighted by Gasteiger charge is -2.25. The number of ketones is 1. The predicted octanol–water partition coefficient (Wildman–Crippen LogP) is 3.27. The molecule has 1 atom stereocenters. The number of hydrogen-bond acceptors (Lipinski definition) is 5. The summed E-state index contributed by atoms with van der Waals surface area (Å²) in [6, 6.07) is 5.32. The Morgan fingerprint density at radius 1 is 1.52 bits per heavy atom. The van der Waals surface area contributed by atoms with E-state index < -0.39 is 0 Å². The highest BCUT2D eigenvalue weighted by Crippen LogP contribution is 2.28. The lowest BCUT2D eigenvalue weighted by atomic mass is 10.1. The van der Waals surface area contributed by atoms with Crippen molar-refractivity contribution in [3.63, 3.8) is 0 Å². The van der Waals surface area contributed by atoms with Crippen LogP contribution in [0.1, 0.15) is 35.6 Å². The zero-order chi connectivity index (χ0) is 14.8. The molecule has 0 N–H and O–H groups in total. The third-order valence-electron chi connectivity index (χ3n) is 3.68. The largest absolute Gasteiger partial charge is 0.461 e. The normalized spacial score (nSPS) is 18.2. The van der Waals surface area contributed by atoms with Gasteiger partial charge in [-0.1, -0.05) is 11.6 Å². The van der Waals surface area contributed by atoms with Gasteiger partial charge in [-0.15, -0.1) is 0 Å². The number of Topliss-reactive ketones (excluding diaryl/α,β-unsaturated/α-hetero) is 1. The van der Waals surface area contributed by atoms with Gasteiger partial charge in [0, 0.05) is 25.1 Å². The minimum atomic E-state index is 0.0220. The van der Waals surface area contributed by atoms with E-state index in [1.165, 1.54) is 6.26 Å². The van der Waals surface area contributed by atoms with Crippen LogP contribution in [0.25, 0.3) is 0 Å². The zero-order valence-electron chi connectivity index (χ0n) is 11.8. The van der Waals surface area contributed by atoms with Crippen molar-refractivity contribution in [2.75, 3.05) is 11.4 Å². The van der Waals surface area contributed by atoms with Gasteiger partial charge in [-0.25, -0.2) is 9.97 Å². The van der Waals surface area contributed by atoms with E-state index >= 15 is 0 Å². The molecule has 0 spiro atoms. The van der Waals surface area contributed by atoms with Gasteiger partial charge in [-0.3, -0.25) is 4.79 Å². The molecule has 0 saturated carbocycles. The number of rotatable bonds is 4. The number of nitrogens with zero attached hydrogens (tertiary/aromatic N) is 3. The molecule has 2 aromatic rings. The van der Waals surface area contributed by atoms with Crippen molar-refractivity contribution >= 4 is 23.2 Å². The summed E-state index contributed by atoms with van der Waals surface area (Å²) in [5.41, 5.74) is 0. The first-order valence-corrected chi connectivity index (χ1v) is 7.36. The second kappa shape index (κ2) is 5.85. The molecular formula is C15H16ClN3O2. The van der Waals surface area contributed by atoms with Gasteiger partial charge in [-0.2, -0.15) is 0 Å². The molecule has 1 aliphatic heterocycles. The molecule has 2 aromatic heterocycles. The van der Waals surface area contributed by atoms with Crippen LogP contribution in [-0.2, 0) is 0 Å². The molecule has 3 rings (SSSR count). The van der Waals surface area contributed by atoms with Gasteiger partial charge in [0.2, 0.25) is 0 Å². The maximum atomic E-state index is 12.2. The molecule has 0 aliphatic carbocycles. The zero-order valence-corrected chi connectivity index (χ0v) is 12.5. The Labute approximate surface area is 127 Å². The first-order valence-electron chi connectivity index (χ1n) is 6.98. The highest BCUT2D eigenvalue weighted by atomic mass is 35.5. The number of carbonyl (C=O) groups excluding carboxylic acids is 1. The van der Waals surface area contributed by atoms with Crippen LogP contribution in [-0.4, -0.2) is 28.3 Å². The van der Waals surface area contributed by atoms with Gasteiger partial charge in [-0.05, 0) is 31.9 Å². The third kappa shape index (κ3) is 3.08. The lowest BCUT2D eigenvalue weighted by Crippen LogP contribution is -2.32. The number of aryl methyl sites for hydroxylation is 1. The van der Waals surface area contributed by atoms with Crippen LogP contribution < -0.4 is 4.90 Å². The Balaban J connectivity index is 1.77. The van der Waals surface area contributed by atoms with E-state index in [2.05, 4.69) is 14.9 Å². The third-order valence-corrected chi connectivity index (χ3v) is 3.88. The maximum absolute atomic E-state index is 12.2. The molecule has 21 heavy (non-hydrogen) atoms. The standard InChI is InChI=1S/C15H16ClN3O2/c1-10-17-14(16)9-15(18-10)19-6-2-4-11(19)8-12(20)13-5-3-7-21-13/h3,5,7,9,11H,2,4,6,8H2,1H3. The molecule has 3 heterocycles. The first kappa shape index (κ1) is 14.1. The Hall–Kier alpha value is -1.88. The Bertz CT molecular complexity index is 622. The van der Waals surface area contributed by atoms with E-state index in [-0.39, 0.29) is 11.8 Å². The smallest absolute Gasteiger partial charge is 0.200 e. The average Bonchev–Trinajstić information content (AvgIpc) is 3.08. The monoisotopic (exact) mass is 305 g/mol. The fourth-order valence-electron chi connectivity index (χ4n) is 2.76. The number of halogens is 1. The molecule has 0 radical (unpaired) electrons. The Morgan fingerprint density at radius 2 is 2.38 bits per heavy atom. The van der Waals surface area contributed by atoms with Gasteiger partial charge in [0.25, 0.3) is 0 Å². The van der Waals surface area contributed by atoms with Gasteiger partial charge in [0.1, 0.15) is 16.8 Å². The summed E-state index contributed by atoms with van der Waals surface area (Å²) < 4.78 is 5.17. The number of anilines is 1. The summed E-state index contributed by atoms with van der Waals surface area (Å²) in [6.45, 7) is 2.69. The van der Waals surface area contributed by atoms with Crippen molar-refractivity contribution < 1.29 is 9.21 Å². The van der Waals surface area contributed by atoms with Crippen LogP contribution in [0.2, 0.25) is 5.15 Å². The minimum Gasteiger partial charge on any atom is -0.461 e. The quantitative estimate of drug-likeness (QED) is 0.641. The molecule has 0 bridgehead atoms. The maximum Gasteiger partial charge on any atom is 0.200 e. The molecule has 1 unspecified atom stereocenters. The highest BCUT2D eigenvalue weighted by molar-refractivity contribution is 6.29. The van der Waals surface area contributed by atoms with Crippen LogP contribution in [0.3, 0.4) is 0 Å². The van der Waals surface area contributed by atoms with E-state index in [4.69, 9.17) is 16.0 Å². The summed E-state index contributed by atoms with van der Waals surface area (Å²) >= 11 is 6.00. The molecule has 0 amide bonds. The number of furan rings is 1. The van der Waals surface area contributed by atoms with Gasteiger partial charge in [0.05, 0.1) is 6.26 Å². The van der Waals surface area contributed by atoms with Crippen LogP contribution in [0.15, 0.2) is 28.9 Å². The SMILES string of the molecule is Cc1nc(Cl)cc(N2CCCC2CC(=O)c2ccco2)n1. The van der Waals surface area contributed by atoms with Crippen molar-refractivity contribution in [3.05, 3.63) is 41.2 Å². The molecular weight excluding hydrogens is 290 g/mol. The van der Waals surface area contributed by atoms with Crippen molar-refractivity contribution in [1.82, 2.24) is 9.97 Å². The van der Waals surface area contributed by atoms with E-state index in [1.54, 1.807) is 18.2 Å². The number of hydrogen-bond donors (Lipinski definition) is 0. The average molecular weight is 306 g/mol. The second-order valence-corrected chi connectivity index (χ2v) is 5.58. The molecule has 6 heteroatoms. The summed E-state index contributed by atoms with van der Waals surface area (Å²) in [5.74, 6) is 1.87. The van der Waals surface area contributed by atoms with Crippen LogP contribution in [0, 0.1) is 6.92 Å². The second-order valence-electron chi connectivity index (χ2n) is 5.19. The summed E-state index contributed by atoms with van der Waals surface area (Å²) in [5, 5.41) is 0.431. The topological polar surface area (TPSA) is 59.2 Å². The van der Waals surface area contributed by atoms with Crippen molar-refractivity contribution in [3.8, 4) is 0 Å². The van der Waals surface area contributed by atoms with Gasteiger partial charge < -0.3 is 9.32 Å². The van der Waals surface area contributed by atoms with Gasteiger partial charge in [0.15, 0.2) is 11.5 Å². The first-order chi connectivity index (χ1) is 10.1. The lowest BCUT2D eigenvalue weighted by molar-refractivity contribution is 0.0947. The number of carbonyl (C=O) groups is 1. The van der Waals surface area contributed by atoms with E-state index in [9.17, 15) is 4.79 Å². The molecule has 110 valence electrons. The summed E-state index contributed by atoms with van der Waals surface area (Å²) in [4.78, 5) is 22.8. The molecule has 0 aromatic carbocycles. The highest BCUT2D eigenvalue weighted by Gasteiger charge is 2.29. The van der Waals surface area contributed by atoms with Crippen molar-refractivity contribution in [1.29, 1.82) is 0 Å². The summed E-state index contributed by atoms with van der Waals surface area (Å²) in [7, 11) is 0. The Morgan fingerprint density at radius 3 is 3.10 bits per heavy atom. The van der Waals surface area contributed by atoms with E-state index in [0.717, 1.165) is 25.2 Å². The molecule has 1 fully saturated rings. The van der Waals surface area contributed by atoms with Gasteiger partial charge >= 0.3 is 0 Å². The number of aromatic nitrogens is 2. The predicted molar refractivity (Wildman–Crippen MR) is 79.8 cm³/mol. The van der Waals surface area contributed by atoms with Crippen LogP contribution in [0.5, 0.6) is 0 Å². The molecule has 1 aliphatic rings. The Kier molecular flexibility index (Phi) is 3.92. The molecule has 5 nitrogen and oxygen atoms in total. The fourth-order valence-corrected chi connectivity index (χ4v) is 2.98. The van der Waals surface area contributed by atoms with E-state index in [0.29, 0.717) is 23.2 Å². The fraction of sp³-hybridized carbons (Fsp3) is 0.400. The minimum absolute atomic E-state index is 0.0220. The van der Waals surface area contributed by atoms with Crippen molar-refractivity contribution in [2.24, 2.45) is 0 Å².